The highest BCUT2D eigenvalue weighted by atomic mass is 79.9. The number of hydrogen-bond acceptors (Lipinski definition) is 3. The Hall–Kier alpha value is -1.45. The molecule has 0 aliphatic heterocycles. The Labute approximate surface area is 166 Å². The monoisotopic (exact) mass is 467 g/mol. The maximum atomic E-state index is 11.4. The van der Waals surface area contributed by atoms with Gasteiger partial charge in [-0.25, -0.2) is 4.98 Å². The molecule has 2 heterocycles. The topological polar surface area (TPSA) is 63.6 Å². The summed E-state index contributed by atoms with van der Waals surface area (Å²) in [5, 5.41) is 20.1. The van der Waals surface area contributed by atoms with Gasteiger partial charge in [-0.15, -0.1) is 0 Å². The van der Waals surface area contributed by atoms with Gasteiger partial charge in [-0.1, -0.05) is 41.5 Å². The first-order chi connectivity index (χ1) is 11.4. The van der Waals surface area contributed by atoms with Crippen LogP contribution in [0.4, 0.5) is 0 Å². The summed E-state index contributed by atoms with van der Waals surface area (Å²) in [4.78, 5) is 4.25. The summed E-state index contributed by atoms with van der Waals surface area (Å²) in [6, 6.07) is 9.58. The number of nitrogens with zero attached hydrogens (tertiary/aromatic N) is 3. The molecule has 0 fully saturated rings. The Morgan fingerprint density at radius 1 is 1.00 bits per heavy atom. The smallest absolute Gasteiger partial charge is 0.198 e. The molecule has 6 heteroatoms. The number of aromatic nitrogens is 2. The Morgan fingerprint density at radius 2 is 1.60 bits per heavy atom. The SMILES string of the molecule is CC(C)(C)c1ccc(Br)c(C#N)n1.CC(C)(C)c1ccc(Br)c[n+]1[O-]. The molecule has 0 bridgehead atoms. The molecular formula is C19H23Br2N3O. The second kappa shape index (κ2) is 8.29. The molecule has 2 aromatic rings. The third-order valence-corrected chi connectivity index (χ3v) is 4.48. The Kier molecular flexibility index (Phi) is 7.16. The molecule has 4 nitrogen and oxygen atoms in total. The maximum Gasteiger partial charge on any atom is 0.198 e. The van der Waals surface area contributed by atoms with Crippen LogP contribution >= 0.6 is 31.9 Å². The lowest BCUT2D eigenvalue weighted by molar-refractivity contribution is -0.618. The van der Waals surface area contributed by atoms with Gasteiger partial charge in [0.15, 0.2) is 17.6 Å². The Bertz CT molecular complexity index is 785. The Morgan fingerprint density at radius 3 is 2.04 bits per heavy atom. The average molecular weight is 469 g/mol. The summed E-state index contributed by atoms with van der Waals surface area (Å²) in [6.45, 7) is 12.3. The van der Waals surface area contributed by atoms with E-state index in [9.17, 15) is 5.21 Å². The fraction of sp³-hybridized carbons (Fsp3) is 0.421. The second-order valence-electron chi connectivity index (χ2n) is 7.70. The first-order valence-corrected chi connectivity index (χ1v) is 9.41. The molecule has 0 radical (unpaired) electrons. The molecule has 25 heavy (non-hydrogen) atoms. The largest absolute Gasteiger partial charge is 0.618 e. The highest BCUT2D eigenvalue weighted by Crippen LogP contribution is 2.23. The number of nitriles is 1. The van der Waals surface area contributed by atoms with E-state index in [1.807, 2.05) is 51.1 Å². The highest BCUT2D eigenvalue weighted by molar-refractivity contribution is 9.10. The summed E-state index contributed by atoms with van der Waals surface area (Å²) < 4.78 is 2.47. The molecule has 2 rings (SSSR count). The van der Waals surface area contributed by atoms with E-state index in [-0.39, 0.29) is 10.8 Å². The molecule has 0 N–H and O–H groups in total. The molecular weight excluding hydrogens is 446 g/mol. The fourth-order valence-corrected chi connectivity index (χ4v) is 2.60. The molecule has 0 spiro atoms. The average Bonchev–Trinajstić information content (AvgIpc) is 2.45. The molecule has 0 aliphatic rings. The minimum Gasteiger partial charge on any atom is -0.618 e. The zero-order chi connectivity index (χ0) is 19.4. The van der Waals surface area contributed by atoms with E-state index < -0.39 is 0 Å². The third kappa shape index (κ3) is 6.41. The first-order valence-electron chi connectivity index (χ1n) is 7.82. The van der Waals surface area contributed by atoms with E-state index in [4.69, 9.17) is 5.26 Å². The molecule has 0 aliphatic carbocycles. The van der Waals surface area contributed by atoms with Crippen molar-refractivity contribution in [2.45, 2.75) is 52.4 Å². The van der Waals surface area contributed by atoms with Gasteiger partial charge in [0.2, 0.25) is 0 Å². The van der Waals surface area contributed by atoms with Crippen molar-refractivity contribution in [3.63, 3.8) is 0 Å². The zero-order valence-electron chi connectivity index (χ0n) is 15.4. The molecule has 0 aromatic carbocycles. The maximum absolute atomic E-state index is 11.4. The van der Waals surface area contributed by atoms with Crippen LogP contribution in [0, 0.1) is 16.5 Å². The van der Waals surface area contributed by atoms with Crippen LogP contribution in [0.3, 0.4) is 0 Å². The lowest BCUT2D eigenvalue weighted by Gasteiger charge is -2.17. The number of halogens is 2. The lowest BCUT2D eigenvalue weighted by atomic mass is 9.91. The van der Waals surface area contributed by atoms with Crippen molar-refractivity contribution in [3.05, 3.63) is 61.7 Å². The molecule has 0 unspecified atom stereocenters. The minimum atomic E-state index is -0.0948. The predicted molar refractivity (Wildman–Crippen MR) is 107 cm³/mol. The van der Waals surface area contributed by atoms with Crippen LogP contribution in [0.15, 0.2) is 39.4 Å². The lowest BCUT2D eigenvalue weighted by Crippen LogP contribution is -2.37. The van der Waals surface area contributed by atoms with Gasteiger partial charge in [0.05, 0.1) is 8.95 Å². The Balaban J connectivity index is 0.000000251. The quantitative estimate of drug-likeness (QED) is 0.384. The molecule has 2 aromatic heterocycles. The van der Waals surface area contributed by atoms with E-state index >= 15 is 0 Å². The number of pyridine rings is 2. The van der Waals surface area contributed by atoms with Crippen LogP contribution in [0.25, 0.3) is 0 Å². The highest BCUT2D eigenvalue weighted by Gasteiger charge is 2.22. The fourth-order valence-electron chi connectivity index (χ4n) is 1.98. The van der Waals surface area contributed by atoms with Crippen LogP contribution in [0.1, 0.15) is 58.6 Å². The summed E-state index contributed by atoms with van der Waals surface area (Å²) in [6.07, 6.45) is 1.53. The molecule has 0 saturated carbocycles. The zero-order valence-corrected chi connectivity index (χ0v) is 18.6. The van der Waals surface area contributed by atoms with Gasteiger partial charge in [0.1, 0.15) is 6.07 Å². The van der Waals surface area contributed by atoms with Crippen molar-refractivity contribution >= 4 is 31.9 Å². The second-order valence-corrected chi connectivity index (χ2v) is 9.47. The van der Waals surface area contributed by atoms with E-state index in [0.717, 1.165) is 25.1 Å². The van der Waals surface area contributed by atoms with Crippen molar-refractivity contribution in [1.82, 2.24) is 4.98 Å². The molecule has 0 amide bonds. The van der Waals surface area contributed by atoms with Gasteiger partial charge in [0, 0.05) is 22.6 Å². The molecule has 0 atom stereocenters. The van der Waals surface area contributed by atoms with E-state index in [2.05, 4.69) is 57.6 Å². The van der Waals surface area contributed by atoms with Crippen LogP contribution < -0.4 is 4.73 Å². The number of hydrogen-bond donors (Lipinski definition) is 0. The van der Waals surface area contributed by atoms with Gasteiger partial charge in [-0.05, 0) is 50.1 Å². The summed E-state index contributed by atoms with van der Waals surface area (Å²) in [5.41, 5.74) is 2.07. The predicted octanol–water partition coefficient (Wildman–Crippen LogP) is 5.39. The van der Waals surface area contributed by atoms with Crippen LogP contribution in [-0.4, -0.2) is 4.98 Å². The van der Waals surface area contributed by atoms with Gasteiger partial charge in [0.25, 0.3) is 0 Å². The van der Waals surface area contributed by atoms with Crippen LogP contribution in [0.2, 0.25) is 0 Å². The van der Waals surface area contributed by atoms with E-state index in [0.29, 0.717) is 5.69 Å². The normalized spacial score (nSPS) is 11.3. The summed E-state index contributed by atoms with van der Waals surface area (Å²) >= 11 is 6.51. The van der Waals surface area contributed by atoms with E-state index in [1.165, 1.54) is 6.20 Å². The van der Waals surface area contributed by atoms with Gasteiger partial charge >= 0.3 is 0 Å². The molecule has 134 valence electrons. The van der Waals surface area contributed by atoms with Gasteiger partial charge in [-0.3, -0.25) is 0 Å². The van der Waals surface area contributed by atoms with Crippen molar-refractivity contribution < 1.29 is 4.73 Å². The first kappa shape index (κ1) is 21.6. The third-order valence-electron chi connectivity index (χ3n) is 3.37. The van der Waals surface area contributed by atoms with Crippen LogP contribution in [-0.2, 0) is 10.8 Å². The van der Waals surface area contributed by atoms with E-state index in [1.54, 1.807) is 0 Å². The van der Waals surface area contributed by atoms with Gasteiger partial charge in [-0.2, -0.15) is 9.99 Å². The number of rotatable bonds is 0. The minimum absolute atomic E-state index is 0.00764. The van der Waals surface area contributed by atoms with Crippen LogP contribution in [0.5, 0.6) is 0 Å². The van der Waals surface area contributed by atoms with Gasteiger partial charge < -0.3 is 5.21 Å². The summed E-state index contributed by atoms with van der Waals surface area (Å²) in [5.74, 6) is 0. The van der Waals surface area contributed by atoms with Crippen molar-refractivity contribution in [2.75, 3.05) is 0 Å². The van der Waals surface area contributed by atoms with Crippen molar-refractivity contribution in [2.24, 2.45) is 0 Å². The summed E-state index contributed by atoms with van der Waals surface area (Å²) in [7, 11) is 0. The van der Waals surface area contributed by atoms with Crippen molar-refractivity contribution in [1.29, 1.82) is 5.26 Å². The van der Waals surface area contributed by atoms with Crippen molar-refractivity contribution in [3.8, 4) is 6.07 Å². The molecule has 0 saturated heterocycles. The standard InChI is InChI=1S/C10H11BrN2.C9H12BrNO/c1-10(2,3)9-5-4-7(11)8(6-12)13-9;1-9(2,3)8-5-4-7(10)6-11(8)12/h4-5H,1-3H3;4-6H,1-3H3.